The summed E-state index contributed by atoms with van der Waals surface area (Å²) in [6, 6.07) is 14.1. The Balaban J connectivity index is 1.70. The molecule has 0 aromatic heterocycles. The minimum atomic E-state index is -0.612. The lowest BCUT2D eigenvalue weighted by Gasteiger charge is -2.26. The summed E-state index contributed by atoms with van der Waals surface area (Å²) in [4.78, 5) is 14.5. The van der Waals surface area contributed by atoms with E-state index in [1.165, 1.54) is 6.07 Å². The van der Waals surface area contributed by atoms with Crippen LogP contribution in [0.15, 0.2) is 53.0 Å². The van der Waals surface area contributed by atoms with Crippen LogP contribution in [0.2, 0.25) is 0 Å². The summed E-state index contributed by atoms with van der Waals surface area (Å²) in [6.07, 6.45) is 1.31. The molecule has 1 amide bonds. The Labute approximate surface area is 149 Å². The van der Waals surface area contributed by atoms with Gasteiger partial charge in [0.2, 0.25) is 0 Å². The van der Waals surface area contributed by atoms with E-state index in [9.17, 15) is 9.18 Å². The highest BCUT2D eigenvalue weighted by Crippen LogP contribution is 2.30. The molecule has 126 valence electrons. The zero-order valence-electron chi connectivity index (χ0n) is 13.4. The van der Waals surface area contributed by atoms with E-state index in [1.807, 2.05) is 24.3 Å². The van der Waals surface area contributed by atoms with E-state index in [0.717, 1.165) is 17.3 Å². The smallest absolute Gasteiger partial charge is 0.263 e. The van der Waals surface area contributed by atoms with Crippen LogP contribution in [-0.4, -0.2) is 23.0 Å². The van der Waals surface area contributed by atoms with E-state index in [4.69, 9.17) is 4.74 Å². The molecule has 0 N–H and O–H groups in total. The van der Waals surface area contributed by atoms with E-state index < -0.39 is 6.10 Å². The molecule has 0 saturated heterocycles. The van der Waals surface area contributed by atoms with Crippen LogP contribution in [0.25, 0.3) is 0 Å². The van der Waals surface area contributed by atoms with Gasteiger partial charge in [0.15, 0.2) is 6.10 Å². The third-order valence-electron chi connectivity index (χ3n) is 4.04. The Morgan fingerprint density at radius 3 is 2.54 bits per heavy atom. The number of nitrogens with zero attached hydrogens (tertiary/aromatic N) is 1. The van der Waals surface area contributed by atoms with E-state index in [0.29, 0.717) is 11.3 Å². The van der Waals surface area contributed by atoms with Crippen LogP contribution in [-0.2, 0) is 11.3 Å². The van der Waals surface area contributed by atoms with Crippen molar-refractivity contribution >= 4 is 21.8 Å². The molecule has 1 fully saturated rings. The quantitative estimate of drug-likeness (QED) is 0.722. The number of amides is 1. The second kappa shape index (κ2) is 7.34. The second-order valence-corrected chi connectivity index (χ2v) is 6.92. The lowest BCUT2D eigenvalue weighted by atomic mass is 10.2. The molecule has 0 heterocycles. The zero-order chi connectivity index (χ0) is 17.1. The highest BCUT2D eigenvalue weighted by Gasteiger charge is 2.35. The summed E-state index contributed by atoms with van der Waals surface area (Å²) in [5.74, 6) is 0.252. The Morgan fingerprint density at radius 2 is 1.92 bits per heavy atom. The molecule has 1 atom stereocenters. The van der Waals surface area contributed by atoms with Gasteiger partial charge in [0.1, 0.15) is 11.6 Å². The standard InChI is InChI=1S/C19H19BrFNO2/c1-13(24-17-10-6-15(20)7-11-17)19(23)22(16-8-9-16)12-14-4-2-3-5-18(14)21/h2-7,10-11,13,16H,8-9,12H2,1H3. The number of rotatable bonds is 6. The normalized spacial score (nSPS) is 15.0. The monoisotopic (exact) mass is 391 g/mol. The first-order valence-electron chi connectivity index (χ1n) is 8.00. The van der Waals surface area contributed by atoms with Gasteiger partial charge in [0.25, 0.3) is 5.91 Å². The van der Waals surface area contributed by atoms with E-state index in [1.54, 1.807) is 30.0 Å². The van der Waals surface area contributed by atoms with Crippen LogP contribution in [0, 0.1) is 5.82 Å². The van der Waals surface area contributed by atoms with E-state index >= 15 is 0 Å². The Bertz CT molecular complexity index is 716. The molecule has 0 radical (unpaired) electrons. The number of benzene rings is 2. The van der Waals surface area contributed by atoms with Crippen molar-refractivity contribution in [1.82, 2.24) is 4.90 Å². The Hall–Kier alpha value is -1.88. The fraction of sp³-hybridized carbons (Fsp3) is 0.316. The molecule has 2 aromatic rings. The van der Waals surface area contributed by atoms with Crippen LogP contribution in [0.5, 0.6) is 5.75 Å². The lowest BCUT2D eigenvalue weighted by molar-refractivity contribution is -0.139. The molecule has 3 rings (SSSR count). The van der Waals surface area contributed by atoms with Crippen molar-refractivity contribution in [2.75, 3.05) is 0 Å². The largest absolute Gasteiger partial charge is 0.481 e. The molecular weight excluding hydrogens is 373 g/mol. The van der Waals surface area contributed by atoms with Gasteiger partial charge in [0.05, 0.1) is 0 Å². The van der Waals surface area contributed by atoms with Crippen molar-refractivity contribution in [3.05, 3.63) is 64.4 Å². The lowest BCUT2D eigenvalue weighted by Crippen LogP contribution is -2.41. The van der Waals surface area contributed by atoms with Crippen molar-refractivity contribution in [3.63, 3.8) is 0 Å². The molecule has 2 aromatic carbocycles. The van der Waals surface area contributed by atoms with Crippen molar-refractivity contribution in [2.24, 2.45) is 0 Å². The van der Waals surface area contributed by atoms with Crippen molar-refractivity contribution < 1.29 is 13.9 Å². The number of hydrogen-bond acceptors (Lipinski definition) is 2. The van der Waals surface area contributed by atoms with Gasteiger partial charge >= 0.3 is 0 Å². The summed E-state index contributed by atoms with van der Waals surface area (Å²) in [6.45, 7) is 2.02. The molecule has 0 spiro atoms. The second-order valence-electron chi connectivity index (χ2n) is 6.00. The number of carbonyl (C=O) groups is 1. The van der Waals surface area contributed by atoms with Crippen LogP contribution >= 0.6 is 15.9 Å². The topological polar surface area (TPSA) is 29.5 Å². The summed E-state index contributed by atoms with van der Waals surface area (Å²) >= 11 is 3.37. The molecular formula is C19H19BrFNO2. The zero-order valence-corrected chi connectivity index (χ0v) is 15.0. The SMILES string of the molecule is CC(Oc1ccc(Br)cc1)C(=O)N(Cc1ccccc1F)C1CC1. The van der Waals surface area contributed by atoms with Gasteiger partial charge in [0, 0.05) is 22.6 Å². The van der Waals surface area contributed by atoms with Crippen LogP contribution < -0.4 is 4.74 Å². The van der Waals surface area contributed by atoms with Gasteiger partial charge in [-0.25, -0.2) is 4.39 Å². The summed E-state index contributed by atoms with van der Waals surface area (Å²) in [7, 11) is 0. The highest BCUT2D eigenvalue weighted by atomic mass is 79.9. The molecule has 3 nitrogen and oxygen atoms in total. The van der Waals surface area contributed by atoms with Gasteiger partial charge in [-0.2, -0.15) is 0 Å². The molecule has 0 aliphatic heterocycles. The van der Waals surface area contributed by atoms with E-state index in [2.05, 4.69) is 15.9 Å². The molecule has 1 aliphatic rings. The van der Waals surface area contributed by atoms with Gasteiger partial charge < -0.3 is 9.64 Å². The summed E-state index contributed by atoms with van der Waals surface area (Å²) in [5.41, 5.74) is 0.536. The number of hydrogen-bond donors (Lipinski definition) is 0. The van der Waals surface area contributed by atoms with Crippen molar-refractivity contribution in [3.8, 4) is 5.75 Å². The maximum atomic E-state index is 13.9. The molecule has 24 heavy (non-hydrogen) atoms. The maximum Gasteiger partial charge on any atom is 0.263 e. The summed E-state index contributed by atoms with van der Waals surface area (Å²) in [5, 5.41) is 0. The van der Waals surface area contributed by atoms with Gasteiger partial charge in [-0.1, -0.05) is 34.1 Å². The minimum absolute atomic E-state index is 0.108. The number of carbonyl (C=O) groups excluding carboxylic acids is 1. The first kappa shape index (κ1) is 17.0. The number of ether oxygens (including phenoxy) is 1. The maximum absolute atomic E-state index is 13.9. The molecule has 1 unspecified atom stereocenters. The van der Waals surface area contributed by atoms with Gasteiger partial charge in [-0.3, -0.25) is 4.79 Å². The predicted molar refractivity (Wildman–Crippen MR) is 94.2 cm³/mol. The van der Waals surface area contributed by atoms with Crippen LogP contribution in [0.3, 0.4) is 0 Å². The minimum Gasteiger partial charge on any atom is -0.481 e. The van der Waals surface area contributed by atoms with Crippen molar-refractivity contribution in [1.29, 1.82) is 0 Å². The summed E-state index contributed by atoms with van der Waals surface area (Å²) < 4.78 is 20.6. The van der Waals surface area contributed by atoms with E-state index in [-0.39, 0.29) is 24.3 Å². The third-order valence-corrected chi connectivity index (χ3v) is 4.57. The number of halogens is 2. The first-order valence-corrected chi connectivity index (χ1v) is 8.80. The molecule has 1 aliphatic carbocycles. The highest BCUT2D eigenvalue weighted by molar-refractivity contribution is 9.10. The van der Waals surface area contributed by atoms with Crippen LogP contribution in [0.4, 0.5) is 4.39 Å². The average Bonchev–Trinajstić information content (AvgIpc) is 3.40. The first-order chi connectivity index (χ1) is 11.5. The predicted octanol–water partition coefficient (Wildman–Crippen LogP) is 4.55. The third kappa shape index (κ3) is 4.15. The molecule has 0 bridgehead atoms. The van der Waals surface area contributed by atoms with Crippen LogP contribution in [0.1, 0.15) is 25.3 Å². The van der Waals surface area contributed by atoms with Crippen molar-refractivity contribution in [2.45, 2.75) is 38.5 Å². The fourth-order valence-electron chi connectivity index (χ4n) is 2.58. The van der Waals surface area contributed by atoms with Gasteiger partial charge in [-0.05, 0) is 50.1 Å². The average molecular weight is 392 g/mol. The molecule has 1 saturated carbocycles. The molecule has 5 heteroatoms. The van der Waals surface area contributed by atoms with Gasteiger partial charge in [-0.15, -0.1) is 0 Å². The Morgan fingerprint density at radius 1 is 1.25 bits per heavy atom. The fourth-order valence-corrected chi connectivity index (χ4v) is 2.85. The Kier molecular flexibility index (Phi) is 5.19.